The van der Waals surface area contributed by atoms with Crippen LogP contribution >= 0.6 is 0 Å². The Bertz CT molecular complexity index is 914. The molecule has 7 nitrogen and oxygen atoms in total. The second-order valence-corrected chi connectivity index (χ2v) is 6.74. The first-order valence-electron chi connectivity index (χ1n) is 9.03. The highest BCUT2D eigenvalue weighted by atomic mass is 16.7. The van der Waals surface area contributed by atoms with Crippen molar-refractivity contribution in [2.24, 2.45) is 0 Å². The van der Waals surface area contributed by atoms with Gasteiger partial charge in [-0.1, -0.05) is 38.0 Å². The van der Waals surface area contributed by atoms with Crippen molar-refractivity contribution in [3.63, 3.8) is 0 Å². The van der Waals surface area contributed by atoms with Crippen LogP contribution < -0.4 is 5.48 Å². The molecule has 2 heterocycles. The molecule has 1 amide bonds. The average Bonchev–Trinajstić information content (AvgIpc) is 3.14. The van der Waals surface area contributed by atoms with E-state index in [1.165, 1.54) is 7.11 Å². The Morgan fingerprint density at radius 1 is 1.37 bits per heavy atom. The quantitative estimate of drug-likeness (QED) is 0.300. The Morgan fingerprint density at radius 3 is 2.81 bits per heavy atom. The van der Waals surface area contributed by atoms with Crippen molar-refractivity contribution >= 4 is 28.4 Å². The van der Waals surface area contributed by atoms with Crippen LogP contribution in [0.3, 0.4) is 0 Å². The lowest BCUT2D eigenvalue weighted by molar-refractivity contribution is -0.178. The summed E-state index contributed by atoms with van der Waals surface area (Å²) in [6.07, 6.45) is 2.69. The standard InChI is InChI=1S/C20H24N2O5/c1-4-5-6-10-20(25)16(15(19(24)27-20)18(23)22-26-3)14-11-13-9-7-8-12(2)17(13)21-14/h7-9,11,21,25H,4-6,10H2,1-3H3,(H,22,23). The zero-order valence-electron chi connectivity index (χ0n) is 15.7. The smallest absolute Gasteiger partial charge is 0.347 e. The van der Waals surface area contributed by atoms with Crippen LogP contribution in [0.4, 0.5) is 0 Å². The molecular weight excluding hydrogens is 348 g/mol. The molecule has 3 N–H and O–H groups in total. The number of aromatic nitrogens is 1. The number of nitrogens with one attached hydrogen (secondary N) is 2. The zero-order chi connectivity index (χ0) is 19.6. The number of esters is 1. The lowest BCUT2D eigenvalue weighted by Gasteiger charge is -2.24. The number of para-hydroxylation sites is 1. The predicted molar refractivity (Wildman–Crippen MR) is 100 cm³/mol. The Kier molecular flexibility index (Phi) is 5.34. The van der Waals surface area contributed by atoms with Gasteiger partial charge < -0.3 is 14.8 Å². The van der Waals surface area contributed by atoms with Gasteiger partial charge in [0.2, 0.25) is 5.79 Å². The van der Waals surface area contributed by atoms with Crippen LogP contribution in [0.5, 0.6) is 0 Å². The SMILES string of the molecule is CCCCCC1(O)OC(=O)C(C(=O)NOC)=C1c1cc2cccc(C)c2[nH]1. The fourth-order valence-corrected chi connectivity index (χ4v) is 3.48. The van der Waals surface area contributed by atoms with Crippen molar-refractivity contribution < 1.29 is 24.3 Å². The van der Waals surface area contributed by atoms with E-state index in [1.807, 2.05) is 38.1 Å². The second-order valence-electron chi connectivity index (χ2n) is 6.74. The van der Waals surface area contributed by atoms with E-state index in [0.717, 1.165) is 29.3 Å². The number of cyclic esters (lactones) is 1. The maximum absolute atomic E-state index is 12.4. The molecular formula is C20H24N2O5. The maximum atomic E-state index is 12.4. The number of ether oxygens (including phenoxy) is 1. The van der Waals surface area contributed by atoms with Crippen molar-refractivity contribution in [2.75, 3.05) is 7.11 Å². The van der Waals surface area contributed by atoms with Crippen molar-refractivity contribution in [1.29, 1.82) is 0 Å². The lowest BCUT2D eigenvalue weighted by Crippen LogP contribution is -2.31. The fourth-order valence-electron chi connectivity index (χ4n) is 3.48. The van der Waals surface area contributed by atoms with E-state index in [0.29, 0.717) is 12.1 Å². The van der Waals surface area contributed by atoms with E-state index in [1.54, 1.807) is 0 Å². The highest BCUT2D eigenvalue weighted by molar-refractivity contribution is 6.24. The number of hydrogen-bond acceptors (Lipinski definition) is 5. The third kappa shape index (κ3) is 3.48. The van der Waals surface area contributed by atoms with E-state index in [2.05, 4.69) is 15.3 Å². The predicted octanol–water partition coefficient (Wildman–Crippen LogP) is 2.73. The van der Waals surface area contributed by atoms with Gasteiger partial charge in [-0.2, -0.15) is 0 Å². The molecule has 0 radical (unpaired) electrons. The van der Waals surface area contributed by atoms with Gasteiger partial charge in [-0.05, 0) is 25.0 Å². The van der Waals surface area contributed by atoms with Gasteiger partial charge in [-0.15, -0.1) is 0 Å². The van der Waals surface area contributed by atoms with E-state index in [4.69, 9.17) is 4.74 Å². The third-order valence-electron chi connectivity index (χ3n) is 4.78. The Hall–Kier alpha value is -2.64. The molecule has 0 saturated carbocycles. The molecule has 1 aliphatic rings. The monoisotopic (exact) mass is 372 g/mol. The van der Waals surface area contributed by atoms with Crippen LogP contribution in [0, 0.1) is 6.92 Å². The van der Waals surface area contributed by atoms with Crippen LogP contribution in [0.1, 0.15) is 43.9 Å². The molecule has 1 atom stereocenters. The summed E-state index contributed by atoms with van der Waals surface area (Å²) in [6.45, 7) is 4.00. The van der Waals surface area contributed by atoms with Gasteiger partial charge in [-0.25, -0.2) is 10.3 Å². The maximum Gasteiger partial charge on any atom is 0.347 e. The largest absolute Gasteiger partial charge is 0.425 e. The van der Waals surface area contributed by atoms with Crippen molar-refractivity contribution in [2.45, 2.75) is 45.3 Å². The lowest BCUT2D eigenvalue weighted by atomic mass is 9.94. The Balaban J connectivity index is 2.15. The Morgan fingerprint density at radius 2 is 2.15 bits per heavy atom. The van der Waals surface area contributed by atoms with Crippen molar-refractivity contribution in [3.8, 4) is 0 Å². The summed E-state index contributed by atoms with van der Waals surface area (Å²) < 4.78 is 5.27. The fraction of sp³-hybridized carbons (Fsp3) is 0.400. The molecule has 144 valence electrons. The van der Waals surface area contributed by atoms with E-state index >= 15 is 0 Å². The molecule has 1 unspecified atom stereocenters. The molecule has 1 aliphatic heterocycles. The van der Waals surface area contributed by atoms with E-state index in [9.17, 15) is 14.7 Å². The number of carbonyl (C=O) groups excluding carboxylic acids is 2. The molecule has 2 aromatic rings. The normalized spacial score (nSPS) is 19.6. The second kappa shape index (κ2) is 7.54. The molecule has 7 heteroatoms. The summed E-state index contributed by atoms with van der Waals surface area (Å²) in [4.78, 5) is 32.7. The van der Waals surface area contributed by atoms with Gasteiger partial charge in [0.15, 0.2) is 0 Å². The van der Waals surface area contributed by atoms with Gasteiger partial charge in [0.25, 0.3) is 5.91 Å². The van der Waals surface area contributed by atoms with Gasteiger partial charge in [0.05, 0.1) is 18.4 Å². The van der Waals surface area contributed by atoms with Gasteiger partial charge in [0, 0.05) is 17.3 Å². The summed E-state index contributed by atoms with van der Waals surface area (Å²) in [5.41, 5.74) is 4.41. The molecule has 0 spiro atoms. The van der Waals surface area contributed by atoms with Crippen LogP contribution in [-0.4, -0.2) is 34.9 Å². The van der Waals surface area contributed by atoms with Crippen LogP contribution in [0.2, 0.25) is 0 Å². The number of aliphatic hydroxyl groups is 1. The first kappa shape index (κ1) is 19.1. The van der Waals surface area contributed by atoms with Crippen LogP contribution in [0.25, 0.3) is 16.5 Å². The molecule has 1 aromatic heterocycles. The van der Waals surface area contributed by atoms with Crippen LogP contribution in [-0.2, 0) is 19.2 Å². The number of unbranched alkanes of at least 4 members (excludes halogenated alkanes) is 2. The number of fused-ring (bicyclic) bond motifs is 1. The zero-order valence-corrected chi connectivity index (χ0v) is 15.7. The number of hydroxylamine groups is 1. The van der Waals surface area contributed by atoms with Gasteiger partial charge in [0.1, 0.15) is 5.57 Å². The number of rotatable bonds is 7. The molecule has 0 bridgehead atoms. The first-order valence-corrected chi connectivity index (χ1v) is 9.03. The number of aryl methyl sites for hydroxylation is 1. The molecule has 0 saturated heterocycles. The number of benzene rings is 1. The van der Waals surface area contributed by atoms with E-state index in [-0.39, 0.29) is 17.6 Å². The topological polar surface area (TPSA) is 101 Å². The summed E-state index contributed by atoms with van der Waals surface area (Å²) in [5.74, 6) is -3.48. The summed E-state index contributed by atoms with van der Waals surface area (Å²) in [6, 6.07) is 7.61. The molecule has 0 fully saturated rings. The number of amides is 1. The molecule has 3 rings (SSSR count). The highest BCUT2D eigenvalue weighted by Gasteiger charge is 2.49. The first-order chi connectivity index (χ1) is 12.9. The van der Waals surface area contributed by atoms with Gasteiger partial charge in [-0.3, -0.25) is 9.63 Å². The van der Waals surface area contributed by atoms with Crippen molar-refractivity contribution in [1.82, 2.24) is 10.5 Å². The highest BCUT2D eigenvalue weighted by Crippen LogP contribution is 2.42. The number of carbonyl (C=O) groups is 2. The minimum atomic E-state index is -1.86. The average molecular weight is 372 g/mol. The number of hydrogen-bond donors (Lipinski definition) is 3. The van der Waals surface area contributed by atoms with Gasteiger partial charge >= 0.3 is 5.97 Å². The minimum absolute atomic E-state index is 0.147. The summed E-state index contributed by atoms with van der Waals surface area (Å²) in [5, 5.41) is 12.1. The minimum Gasteiger partial charge on any atom is -0.425 e. The summed E-state index contributed by atoms with van der Waals surface area (Å²) >= 11 is 0. The van der Waals surface area contributed by atoms with E-state index < -0.39 is 17.7 Å². The third-order valence-corrected chi connectivity index (χ3v) is 4.78. The molecule has 0 aliphatic carbocycles. The Labute approximate surface area is 157 Å². The number of H-pyrrole nitrogens is 1. The van der Waals surface area contributed by atoms with Crippen LogP contribution in [0.15, 0.2) is 29.8 Å². The number of aromatic amines is 1. The summed E-state index contributed by atoms with van der Waals surface area (Å²) in [7, 11) is 1.28. The van der Waals surface area contributed by atoms with Crippen molar-refractivity contribution in [3.05, 3.63) is 41.1 Å². The molecule has 1 aromatic carbocycles. The molecule has 27 heavy (non-hydrogen) atoms.